The lowest BCUT2D eigenvalue weighted by Gasteiger charge is -2.17. The Hall–Kier alpha value is -2.73. The number of anilines is 1. The van der Waals surface area contributed by atoms with Gasteiger partial charge >= 0.3 is 0 Å². The van der Waals surface area contributed by atoms with Gasteiger partial charge in [0, 0.05) is 18.8 Å². The Kier molecular flexibility index (Phi) is 5.16. The summed E-state index contributed by atoms with van der Waals surface area (Å²) < 4.78 is 5.14. The summed E-state index contributed by atoms with van der Waals surface area (Å²) in [7, 11) is 1.63. The fraction of sp³-hybridized carbons (Fsp3) is 0.238. The summed E-state index contributed by atoms with van der Waals surface area (Å²) in [4.78, 5) is 19.8. The second-order valence-corrected chi connectivity index (χ2v) is 7.50. The maximum atomic E-state index is 12.2. The predicted octanol–water partition coefficient (Wildman–Crippen LogP) is 4.19. The average molecular weight is 379 g/mol. The van der Waals surface area contributed by atoms with Gasteiger partial charge in [0.05, 0.1) is 17.7 Å². The summed E-state index contributed by atoms with van der Waals surface area (Å²) in [6.45, 7) is 2.26. The van der Waals surface area contributed by atoms with Gasteiger partial charge in [0.25, 0.3) is 5.91 Å². The SMILES string of the molecule is COc1ccc(N=C2NC(=O)/C(=C/c3ccc(N4CCCC4)cc3)S2)cc1. The summed E-state index contributed by atoms with van der Waals surface area (Å²) >= 11 is 1.36. The molecule has 2 fully saturated rings. The first-order chi connectivity index (χ1) is 13.2. The molecule has 5 nitrogen and oxygen atoms in total. The van der Waals surface area contributed by atoms with Crippen molar-refractivity contribution in [2.45, 2.75) is 12.8 Å². The molecule has 6 heteroatoms. The van der Waals surface area contributed by atoms with E-state index >= 15 is 0 Å². The number of carbonyl (C=O) groups is 1. The Morgan fingerprint density at radius 3 is 2.44 bits per heavy atom. The number of amidine groups is 1. The molecule has 2 heterocycles. The Balaban J connectivity index is 1.47. The molecule has 1 amide bonds. The summed E-state index contributed by atoms with van der Waals surface area (Å²) in [6, 6.07) is 15.8. The van der Waals surface area contributed by atoms with Crippen molar-refractivity contribution in [2.75, 3.05) is 25.1 Å². The smallest absolute Gasteiger partial charge is 0.264 e. The van der Waals surface area contributed by atoms with Crippen molar-refractivity contribution in [1.82, 2.24) is 5.32 Å². The van der Waals surface area contributed by atoms with Gasteiger partial charge in [0.1, 0.15) is 5.75 Å². The monoisotopic (exact) mass is 379 g/mol. The molecule has 2 aromatic rings. The number of nitrogens with zero attached hydrogens (tertiary/aromatic N) is 2. The van der Waals surface area contributed by atoms with E-state index in [1.165, 1.54) is 30.3 Å². The largest absolute Gasteiger partial charge is 0.497 e. The van der Waals surface area contributed by atoms with E-state index in [4.69, 9.17) is 4.74 Å². The van der Waals surface area contributed by atoms with Gasteiger partial charge in [-0.05, 0) is 72.6 Å². The highest BCUT2D eigenvalue weighted by Gasteiger charge is 2.23. The third-order valence-electron chi connectivity index (χ3n) is 4.62. The zero-order valence-corrected chi connectivity index (χ0v) is 16.0. The minimum absolute atomic E-state index is 0.115. The second-order valence-electron chi connectivity index (χ2n) is 6.47. The number of rotatable bonds is 4. The van der Waals surface area contributed by atoms with Crippen molar-refractivity contribution < 1.29 is 9.53 Å². The van der Waals surface area contributed by atoms with Crippen LogP contribution in [-0.4, -0.2) is 31.3 Å². The highest BCUT2D eigenvalue weighted by molar-refractivity contribution is 8.18. The number of ether oxygens (including phenoxy) is 1. The van der Waals surface area contributed by atoms with E-state index in [-0.39, 0.29) is 5.91 Å². The van der Waals surface area contributed by atoms with Crippen LogP contribution in [0.3, 0.4) is 0 Å². The molecular formula is C21H21N3O2S. The van der Waals surface area contributed by atoms with Gasteiger partial charge in [-0.2, -0.15) is 0 Å². The molecule has 4 rings (SSSR count). The van der Waals surface area contributed by atoms with E-state index < -0.39 is 0 Å². The summed E-state index contributed by atoms with van der Waals surface area (Å²) in [5.41, 5.74) is 3.04. The lowest BCUT2D eigenvalue weighted by Crippen LogP contribution is -2.19. The van der Waals surface area contributed by atoms with Gasteiger partial charge in [-0.15, -0.1) is 0 Å². The molecule has 2 aromatic carbocycles. The Bertz CT molecular complexity index is 883. The zero-order valence-electron chi connectivity index (χ0n) is 15.1. The van der Waals surface area contributed by atoms with Crippen LogP contribution in [0.25, 0.3) is 6.08 Å². The molecule has 0 aromatic heterocycles. The molecule has 2 aliphatic heterocycles. The number of benzene rings is 2. The first kappa shape index (κ1) is 17.7. The number of amides is 1. The molecule has 0 spiro atoms. The highest BCUT2D eigenvalue weighted by Crippen LogP contribution is 2.29. The molecule has 0 radical (unpaired) electrons. The molecule has 0 atom stereocenters. The van der Waals surface area contributed by atoms with Crippen LogP contribution in [0.15, 0.2) is 58.4 Å². The maximum absolute atomic E-state index is 12.2. The molecule has 1 N–H and O–H groups in total. The average Bonchev–Trinajstić information content (AvgIpc) is 3.34. The first-order valence-corrected chi connectivity index (χ1v) is 9.81. The van der Waals surface area contributed by atoms with Crippen LogP contribution >= 0.6 is 11.8 Å². The van der Waals surface area contributed by atoms with Crippen LogP contribution in [-0.2, 0) is 4.79 Å². The number of thioether (sulfide) groups is 1. The van der Waals surface area contributed by atoms with E-state index in [0.717, 1.165) is 30.1 Å². The van der Waals surface area contributed by atoms with Gasteiger partial charge in [-0.1, -0.05) is 12.1 Å². The number of aliphatic imine (C=N–C) groups is 1. The van der Waals surface area contributed by atoms with Crippen LogP contribution in [0.1, 0.15) is 18.4 Å². The van der Waals surface area contributed by atoms with E-state index in [1.807, 2.05) is 30.3 Å². The van der Waals surface area contributed by atoms with Gasteiger partial charge < -0.3 is 15.0 Å². The van der Waals surface area contributed by atoms with Gasteiger partial charge in [0.2, 0.25) is 0 Å². The maximum Gasteiger partial charge on any atom is 0.264 e. The van der Waals surface area contributed by atoms with Crippen molar-refractivity contribution in [2.24, 2.45) is 4.99 Å². The predicted molar refractivity (Wildman–Crippen MR) is 112 cm³/mol. The lowest BCUT2D eigenvalue weighted by molar-refractivity contribution is -0.115. The molecule has 0 bridgehead atoms. The molecule has 2 saturated heterocycles. The van der Waals surface area contributed by atoms with Gasteiger partial charge in [0.15, 0.2) is 5.17 Å². The summed E-state index contributed by atoms with van der Waals surface area (Å²) in [5, 5.41) is 3.41. The number of hydrogen-bond donors (Lipinski definition) is 1. The summed E-state index contributed by atoms with van der Waals surface area (Å²) in [6.07, 6.45) is 4.43. The number of carbonyl (C=O) groups excluding carboxylic acids is 1. The van der Waals surface area contributed by atoms with Crippen molar-refractivity contribution in [3.8, 4) is 5.75 Å². The number of hydrogen-bond acceptors (Lipinski definition) is 5. The Morgan fingerprint density at radius 2 is 1.78 bits per heavy atom. The molecule has 138 valence electrons. The first-order valence-electron chi connectivity index (χ1n) is 9.00. The van der Waals surface area contributed by atoms with Gasteiger partial charge in [-0.3, -0.25) is 4.79 Å². The van der Waals surface area contributed by atoms with Gasteiger partial charge in [-0.25, -0.2) is 4.99 Å². The van der Waals surface area contributed by atoms with E-state index in [9.17, 15) is 4.79 Å². The van der Waals surface area contributed by atoms with Crippen LogP contribution < -0.4 is 15.0 Å². The standard InChI is InChI=1S/C21H21N3O2S/c1-26-18-10-6-16(7-11-18)22-21-23-20(25)19(27-21)14-15-4-8-17(9-5-15)24-12-2-3-13-24/h4-11,14H,2-3,12-13H2,1H3,(H,22,23,25)/b19-14-. The number of nitrogens with one attached hydrogen (secondary N) is 1. The molecular weight excluding hydrogens is 358 g/mol. The zero-order chi connectivity index (χ0) is 18.6. The topological polar surface area (TPSA) is 53.9 Å². The Morgan fingerprint density at radius 1 is 1.07 bits per heavy atom. The molecule has 0 aliphatic carbocycles. The van der Waals surface area contributed by atoms with Crippen molar-refractivity contribution >= 4 is 40.3 Å². The lowest BCUT2D eigenvalue weighted by atomic mass is 10.2. The van der Waals surface area contributed by atoms with E-state index in [2.05, 4.69) is 39.5 Å². The third-order valence-corrected chi connectivity index (χ3v) is 5.53. The van der Waals surface area contributed by atoms with Crippen molar-refractivity contribution in [1.29, 1.82) is 0 Å². The Labute approximate surface area is 163 Å². The minimum atomic E-state index is -0.115. The quantitative estimate of drug-likeness (QED) is 0.810. The fourth-order valence-corrected chi connectivity index (χ4v) is 4.00. The normalized spacial score (nSPS) is 19.7. The van der Waals surface area contributed by atoms with Crippen molar-refractivity contribution in [3.05, 3.63) is 59.0 Å². The number of methoxy groups -OCH3 is 1. The highest BCUT2D eigenvalue weighted by atomic mass is 32.2. The second kappa shape index (κ2) is 7.88. The van der Waals surface area contributed by atoms with E-state index in [1.54, 1.807) is 7.11 Å². The fourth-order valence-electron chi connectivity index (χ4n) is 3.16. The third kappa shape index (κ3) is 4.17. The molecule has 0 saturated carbocycles. The molecule has 27 heavy (non-hydrogen) atoms. The molecule has 0 unspecified atom stereocenters. The van der Waals surface area contributed by atoms with Crippen LogP contribution in [0.2, 0.25) is 0 Å². The van der Waals surface area contributed by atoms with Crippen LogP contribution in [0.5, 0.6) is 5.75 Å². The summed E-state index contributed by atoms with van der Waals surface area (Å²) in [5.74, 6) is 0.663. The van der Waals surface area contributed by atoms with E-state index in [0.29, 0.717) is 10.1 Å². The molecule has 2 aliphatic rings. The van der Waals surface area contributed by atoms with Crippen LogP contribution in [0.4, 0.5) is 11.4 Å². The van der Waals surface area contributed by atoms with Crippen molar-refractivity contribution in [3.63, 3.8) is 0 Å². The van der Waals surface area contributed by atoms with Crippen LogP contribution in [0, 0.1) is 0 Å². The minimum Gasteiger partial charge on any atom is -0.497 e.